The average molecular weight is 226 g/mol. The first-order valence-corrected chi connectivity index (χ1v) is 5.25. The van der Waals surface area contributed by atoms with E-state index in [-0.39, 0.29) is 18.6 Å². The molecule has 0 radical (unpaired) electrons. The maximum Gasteiger partial charge on any atom is 0.272 e. The first-order valence-electron chi connectivity index (χ1n) is 5.25. The Hall–Kier alpha value is -1.56. The number of nitrogens with two attached hydrogens (primary N) is 1. The summed E-state index contributed by atoms with van der Waals surface area (Å²) in [6.07, 6.45) is 0. The minimum absolute atomic E-state index is 0.106. The average Bonchev–Trinajstić information content (AvgIpc) is 2.54. The lowest BCUT2D eigenvalue weighted by atomic mass is 10.2. The monoisotopic (exact) mass is 226 g/mol. The van der Waals surface area contributed by atoms with E-state index in [1.807, 2.05) is 6.92 Å². The number of amides is 1. The molecule has 4 N–H and O–H groups in total. The van der Waals surface area contributed by atoms with Crippen molar-refractivity contribution in [2.75, 3.05) is 12.3 Å². The maximum absolute atomic E-state index is 11.9. The zero-order chi connectivity index (χ0) is 12.3. The summed E-state index contributed by atoms with van der Waals surface area (Å²) < 4.78 is 1.56. The van der Waals surface area contributed by atoms with E-state index in [0.29, 0.717) is 23.6 Å². The molecule has 1 atom stereocenters. The molecule has 0 aliphatic heterocycles. The van der Waals surface area contributed by atoms with Crippen LogP contribution in [-0.2, 0) is 6.54 Å². The van der Waals surface area contributed by atoms with Gasteiger partial charge in [-0.3, -0.25) is 9.48 Å². The fraction of sp³-hybridized carbons (Fsp3) is 0.600. The summed E-state index contributed by atoms with van der Waals surface area (Å²) in [6, 6.07) is -0.299. The van der Waals surface area contributed by atoms with Crippen molar-refractivity contribution >= 4 is 11.6 Å². The van der Waals surface area contributed by atoms with Gasteiger partial charge in [0.05, 0.1) is 18.0 Å². The number of hydrogen-bond acceptors (Lipinski definition) is 4. The Morgan fingerprint density at radius 1 is 1.69 bits per heavy atom. The summed E-state index contributed by atoms with van der Waals surface area (Å²) in [5.41, 5.74) is 7.19. The molecule has 6 nitrogen and oxygen atoms in total. The quantitative estimate of drug-likeness (QED) is 0.668. The van der Waals surface area contributed by atoms with Gasteiger partial charge in [0, 0.05) is 12.6 Å². The van der Waals surface area contributed by atoms with E-state index in [0.717, 1.165) is 0 Å². The van der Waals surface area contributed by atoms with Gasteiger partial charge in [0.1, 0.15) is 5.69 Å². The molecule has 0 saturated carbocycles. The number of aromatic nitrogens is 2. The molecule has 0 bridgehead atoms. The number of nitrogens with zero attached hydrogens (tertiary/aromatic N) is 2. The van der Waals surface area contributed by atoms with Crippen LogP contribution < -0.4 is 11.1 Å². The topological polar surface area (TPSA) is 93.2 Å². The summed E-state index contributed by atoms with van der Waals surface area (Å²) in [7, 11) is 0. The maximum atomic E-state index is 11.9. The second kappa shape index (κ2) is 4.98. The van der Waals surface area contributed by atoms with E-state index < -0.39 is 0 Å². The van der Waals surface area contributed by atoms with Crippen LogP contribution in [-0.4, -0.2) is 33.4 Å². The van der Waals surface area contributed by atoms with E-state index in [1.165, 1.54) is 0 Å². The Balaban J connectivity index is 2.98. The minimum atomic E-state index is -0.304. The molecule has 0 aliphatic rings. The van der Waals surface area contributed by atoms with Crippen molar-refractivity contribution in [1.29, 1.82) is 0 Å². The lowest BCUT2D eigenvalue weighted by molar-refractivity contribution is 0.0912. The van der Waals surface area contributed by atoms with Crippen molar-refractivity contribution in [3.05, 3.63) is 11.4 Å². The van der Waals surface area contributed by atoms with Gasteiger partial charge in [-0.1, -0.05) is 0 Å². The normalized spacial score (nSPS) is 12.5. The third kappa shape index (κ3) is 2.33. The van der Waals surface area contributed by atoms with Crippen LogP contribution in [0.25, 0.3) is 0 Å². The van der Waals surface area contributed by atoms with E-state index in [2.05, 4.69) is 10.4 Å². The number of anilines is 1. The minimum Gasteiger partial charge on any atom is -0.395 e. The van der Waals surface area contributed by atoms with Gasteiger partial charge in [-0.15, -0.1) is 0 Å². The SMILES string of the molecule is CCn1nc(C)c(N)c1C(=O)N[C@H](C)CO. The van der Waals surface area contributed by atoms with E-state index >= 15 is 0 Å². The highest BCUT2D eigenvalue weighted by Crippen LogP contribution is 2.16. The highest BCUT2D eigenvalue weighted by molar-refractivity contribution is 5.98. The van der Waals surface area contributed by atoms with Gasteiger partial charge in [0.25, 0.3) is 5.91 Å². The third-order valence-electron chi connectivity index (χ3n) is 2.34. The van der Waals surface area contributed by atoms with Crippen LogP contribution in [0.3, 0.4) is 0 Å². The molecule has 1 aromatic heterocycles. The zero-order valence-corrected chi connectivity index (χ0v) is 9.82. The van der Waals surface area contributed by atoms with Crippen molar-refractivity contribution in [3.63, 3.8) is 0 Å². The number of aryl methyl sites for hydroxylation is 2. The molecule has 0 aliphatic carbocycles. The highest BCUT2D eigenvalue weighted by atomic mass is 16.3. The Labute approximate surface area is 94.4 Å². The molecule has 1 amide bonds. The van der Waals surface area contributed by atoms with Crippen LogP contribution in [0.4, 0.5) is 5.69 Å². The molecule has 90 valence electrons. The van der Waals surface area contributed by atoms with E-state index in [9.17, 15) is 4.79 Å². The summed E-state index contributed by atoms with van der Waals surface area (Å²) in [6.45, 7) is 5.83. The number of carbonyl (C=O) groups excluding carboxylic acids is 1. The number of aliphatic hydroxyl groups is 1. The van der Waals surface area contributed by atoms with Crippen molar-refractivity contribution in [1.82, 2.24) is 15.1 Å². The van der Waals surface area contributed by atoms with Crippen molar-refractivity contribution in [2.24, 2.45) is 0 Å². The molecule has 0 fully saturated rings. The predicted molar refractivity (Wildman–Crippen MR) is 61.1 cm³/mol. The van der Waals surface area contributed by atoms with Crippen LogP contribution in [0, 0.1) is 6.92 Å². The second-order valence-corrected chi connectivity index (χ2v) is 3.72. The van der Waals surface area contributed by atoms with Gasteiger partial charge in [0.2, 0.25) is 0 Å². The van der Waals surface area contributed by atoms with E-state index in [4.69, 9.17) is 10.8 Å². The van der Waals surface area contributed by atoms with Crippen LogP contribution >= 0.6 is 0 Å². The molecule has 0 unspecified atom stereocenters. The van der Waals surface area contributed by atoms with Gasteiger partial charge < -0.3 is 16.2 Å². The molecule has 6 heteroatoms. The fourth-order valence-electron chi connectivity index (χ4n) is 1.40. The number of aliphatic hydroxyl groups excluding tert-OH is 1. The van der Waals surface area contributed by atoms with Crippen molar-refractivity contribution in [2.45, 2.75) is 33.4 Å². The summed E-state index contributed by atoms with van der Waals surface area (Å²) >= 11 is 0. The lowest BCUT2D eigenvalue weighted by Gasteiger charge is -2.11. The standard InChI is InChI=1S/C10H18N4O2/c1-4-14-9(8(11)7(3)13-14)10(16)12-6(2)5-15/h6,15H,4-5,11H2,1-3H3,(H,12,16)/t6-/m1/s1. The number of rotatable bonds is 4. The molecule has 1 heterocycles. The molecular formula is C10H18N4O2. The van der Waals surface area contributed by atoms with Gasteiger partial charge in [-0.2, -0.15) is 5.10 Å². The van der Waals surface area contributed by atoms with Crippen LogP contribution in [0.15, 0.2) is 0 Å². The smallest absolute Gasteiger partial charge is 0.272 e. The van der Waals surface area contributed by atoms with Gasteiger partial charge in [0.15, 0.2) is 0 Å². The summed E-state index contributed by atoms with van der Waals surface area (Å²) in [5.74, 6) is -0.304. The number of nitrogens with one attached hydrogen (secondary N) is 1. The Morgan fingerprint density at radius 3 is 2.81 bits per heavy atom. The zero-order valence-electron chi connectivity index (χ0n) is 9.82. The summed E-state index contributed by atoms with van der Waals surface area (Å²) in [4.78, 5) is 11.9. The third-order valence-corrected chi connectivity index (χ3v) is 2.34. The fourth-order valence-corrected chi connectivity index (χ4v) is 1.40. The number of nitrogen functional groups attached to an aromatic ring is 1. The summed E-state index contributed by atoms with van der Waals surface area (Å²) in [5, 5.41) is 15.7. The first-order chi connectivity index (χ1) is 7.51. The molecular weight excluding hydrogens is 208 g/mol. The number of carbonyl (C=O) groups is 1. The van der Waals surface area contributed by atoms with Crippen LogP contribution in [0.1, 0.15) is 30.0 Å². The molecule has 0 saturated heterocycles. The Bertz CT molecular complexity index is 386. The van der Waals surface area contributed by atoms with Gasteiger partial charge in [-0.25, -0.2) is 0 Å². The van der Waals surface area contributed by atoms with E-state index in [1.54, 1.807) is 18.5 Å². The molecule has 16 heavy (non-hydrogen) atoms. The van der Waals surface area contributed by atoms with Crippen molar-refractivity contribution < 1.29 is 9.90 Å². The molecule has 0 spiro atoms. The van der Waals surface area contributed by atoms with Gasteiger partial charge >= 0.3 is 0 Å². The van der Waals surface area contributed by atoms with Crippen molar-refractivity contribution in [3.8, 4) is 0 Å². The Kier molecular flexibility index (Phi) is 3.89. The lowest BCUT2D eigenvalue weighted by Crippen LogP contribution is -2.36. The predicted octanol–water partition coefficient (Wildman–Crippen LogP) is -0.0958. The molecule has 0 aromatic carbocycles. The largest absolute Gasteiger partial charge is 0.395 e. The van der Waals surface area contributed by atoms with Gasteiger partial charge in [-0.05, 0) is 20.8 Å². The molecule has 1 aromatic rings. The number of hydrogen-bond donors (Lipinski definition) is 3. The van der Waals surface area contributed by atoms with Crippen LogP contribution in [0.2, 0.25) is 0 Å². The first kappa shape index (κ1) is 12.5. The Morgan fingerprint density at radius 2 is 2.31 bits per heavy atom. The second-order valence-electron chi connectivity index (χ2n) is 3.72. The highest BCUT2D eigenvalue weighted by Gasteiger charge is 2.19. The molecule has 1 rings (SSSR count). The van der Waals surface area contributed by atoms with Crippen LogP contribution in [0.5, 0.6) is 0 Å².